The molecule has 0 bridgehead atoms. The van der Waals surface area contributed by atoms with Gasteiger partial charge in [-0.25, -0.2) is 0 Å². The summed E-state index contributed by atoms with van der Waals surface area (Å²) in [5.74, 6) is 2.12. The lowest BCUT2D eigenvalue weighted by molar-refractivity contribution is -0.128. The number of halogens is 1. The highest BCUT2D eigenvalue weighted by Crippen LogP contribution is 2.33. The van der Waals surface area contributed by atoms with Gasteiger partial charge >= 0.3 is 0 Å². The number of methoxy groups -OCH3 is 1. The number of aryl methyl sites for hydroxylation is 1. The first-order valence-corrected chi connectivity index (χ1v) is 13.0. The SMILES string of the molecule is COc1ccccc1-n1c(SCC(=O)N2CCN(c3cc(Cl)ccc3C)CC2)nnc1-c1ccco1. The van der Waals surface area contributed by atoms with Gasteiger partial charge in [-0.1, -0.05) is 41.6 Å². The maximum Gasteiger partial charge on any atom is 0.233 e. The molecule has 2 aromatic carbocycles. The lowest BCUT2D eigenvalue weighted by Crippen LogP contribution is -2.49. The molecule has 2 aromatic heterocycles. The molecule has 8 nitrogen and oxygen atoms in total. The van der Waals surface area contributed by atoms with Gasteiger partial charge in [0.15, 0.2) is 10.9 Å². The van der Waals surface area contributed by atoms with E-state index in [4.69, 9.17) is 20.8 Å². The van der Waals surface area contributed by atoms with Crippen molar-refractivity contribution in [2.75, 3.05) is 43.9 Å². The zero-order valence-corrected chi connectivity index (χ0v) is 21.6. The molecule has 1 aliphatic rings. The molecule has 1 saturated heterocycles. The molecule has 0 radical (unpaired) electrons. The maximum atomic E-state index is 13.1. The normalized spacial score (nSPS) is 13.8. The van der Waals surface area contributed by atoms with Crippen LogP contribution in [0.15, 0.2) is 70.4 Å². The zero-order chi connectivity index (χ0) is 25.1. The van der Waals surface area contributed by atoms with E-state index >= 15 is 0 Å². The third-order valence-electron chi connectivity index (χ3n) is 6.17. The Labute approximate surface area is 218 Å². The highest BCUT2D eigenvalue weighted by Gasteiger charge is 2.25. The van der Waals surface area contributed by atoms with Gasteiger partial charge in [0.2, 0.25) is 11.7 Å². The standard InChI is InChI=1S/C26H26ClN5O3S/c1-18-9-10-19(27)16-21(18)30-11-13-31(14-12-30)24(33)17-36-26-29-28-25(23-8-5-15-35-23)32(26)20-6-3-4-7-22(20)34-2/h3-10,15-16H,11-14,17H2,1-2H3. The molecule has 0 aliphatic carbocycles. The van der Waals surface area contributed by atoms with Gasteiger partial charge in [0.1, 0.15) is 5.75 Å². The van der Waals surface area contributed by atoms with E-state index < -0.39 is 0 Å². The molecule has 1 amide bonds. The first kappa shape index (κ1) is 24.3. The molecule has 0 unspecified atom stereocenters. The number of benzene rings is 2. The summed E-state index contributed by atoms with van der Waals surface area (Å²) in [7, 11) is 1.62. The van der Waals surface area contributed by atoms with Gasteiger partial charge in [-0.15, -0.1) is 10.2 Å². The summed E-state index contributed by atoms with van der Waals surface area (Å²) in [4.78, 5) is 17.3. The van der Waals surface area contributed by atoms with Crippen LogP contribution in [0.5, 0.6) is 5.75 Å². The largest absolute Gasteiger partial charge is 0.495 e. The molecule has 1 aliphatic heterocycles. The third kappa shape index (κ3) is 4.94. The van der Waals surface area contributed by atoms with Crippen molar-refractivity contribution in [3.05, 3.63) is 71.4 Å². The molecular formula is C26H26ClN5O3S. The number of anilines is 1. The predicted molar refractivity (Wildman–Crippen MR) is 141 cm³/mol. The van der Waals surface area contributed by atoms with Crippen LogP contribution in [0.2, 0.25) is 5.02 Å². The number of aromatic nitrogens is 3. The molecule has 0 N–H and O–H groups in total. The average molecular weight is 524 g/mol. The number of hydrogen-bond acceptors (Lipinski definition) is 7. The van der Waals surface area contributed by atoms with Crippen molar-refractivity contribution in [1.29, 1.82) is 0 Å². The minimum atomic E-state index is 0.0663. The first-order chi connectivity index (χ1) is 17.5. The minimum Gasteiger partial charge on any atom is -0.495 e. The highest BCUT2D eigenvalue weighted by atomic mass is 35.5. The first-order valence-electron chi connectivity index (χ1n) is 11.6. The molecule has 10 heteroatoms. The van der Waals surface area contributed by atoms with E-state index in [1.54, 1.807) is 19.4 Å². The summed E-state index contributed by atoms with van der Waals surface area (Å²) in [5.41, 5.74) is 3.08. The zero-order valence-electron chi connectivity index (χ0n) is 20.1. The van der Waals surface area contributed by atoms with E-state index in [1.165, 1.54) is 17.3 Å². The van der Waals surface area contributed by atoms with Crippen LogP contribution in [-0.4, -0.2) is 64.6 Å². The predicted octanol–water partition coefficient (Wildman–Crippen LogP) is 4.94. The number of para-hydroxylation sites is 2. The fourth-order valence-corrected chi connectivity index (χ4v) is 5.31. The lowest BCUT2D eigenvalue weighted by atomic mass is 10.1. The Balaban J connectivity index is 1.30. The van der Waals surface area contributed by atoms with Crippen molar-refractivity contribution in [2.24, 2.45) is 0 Å². The van der Waals surface area contributed by atoms with Gasteiger partial charge in [0, 0.05) is 36.9 Å². The second kappa shape index (κ2) is 10.7. The highest BCUT2D eigenvalue weighted by molar-refractivity contribution is 7.99. The molecule has 4 aromatic rings. The Morgan fingerprint density at radius 1 is 1.06 bits per heavy atom. The van der Waals surface area contributed by atoms with Gasteiger partial charge < -0.3 is 19.0 Å². The monoisotopic (exact) mass is 523 g/mol. The van der Waals surface area contributed by atoms with E-state index in [0.29, 0.717) is 35.6 Å². The van der Waals surface area contributed by atoms with Gasteiger partial charge in [-0.3, -0.25) is 9.36 Å². The Hall–Kier alpha value is -3.43. The fourth-order valence-electron chi connectivity index (χ4n) is 4.30. The van der Waals surface area contributed by atoms with Gasteiger partial charge in [-0.05, 0) is 48.9 Å². The third-order valence-corrected chi connectivity index (χ3v) is 7.32. The second-order valence-corrected chi connectivity index (χ2v) is 9.76. The minimum absolute atomic E-state index is 0.0663. The summed E-state index contributed by atoms with van der Waals surface area (Å²) >= 11 is 7.56. The smallest absolute Gasteiger partial charge is 0.233 e. The van der Waals surface area contributed by atoms with Crippen molar-refractivity contribution >= 4 is 35.0 Å². The number of amides is 1. The Bertz CT molecular complexity index is 1350. The molecular weight excluding hydrogens is 498 g/mol. The summed E-state index contributed by atoms with van der Waals surface area (Å²) in [5, 5.41) is 10.1. The Morgan fingerprint density at radius 3 is 2.61 bits per heavy atom. The Kier molecular flexibility index (Phi) is 7.20. The van der Waals surface area contributed by atoms with E-state index in [-0.39, 0.29) is 11.7 Å². The summed E-state index contributed by atoms with van der Waals surface area (Å²) in [6, 6.07) is 17.2. The van der Waals surface area contributed by atoms with Gasteiger partial charge in [-0.2, -0.15) is 0 Å². The van der Waals surface area contributed by atoms with Crippen LogP contribution < -0.4 is 9.64 Å². The number of carbonyl (C=O) groups is 1. The number of furan rings is 1. The van der Waals surface area contributed by atoms with Crippen LogP contribution in [0, 0.1) is 6.92 Å². The van der Waals surface area contributed by atoms with Crippen molar-refractivity contribution in [2.45, 2.75) is 12.1 Å². The Morgan fingerprint density at radius 2 is 1.86 bits per heavy atom. The van der Waals surface area contributed by atoms with E-state index in [2.05, 4.69) is 22.0 Å². The van der Waals surface area contributed by atoms with Crippen LogP contribution in [-0.2, 0) is 4.79 Å². The molecule has 36 heavy (non-hydrogen) atoms. The topological polar surface area (TPSA) is 76.6 Å². The van der Waals surface area contributed by atoms with Crippen molar-refractivity contribution in [3.63, 3.8) is 0 Å². The van der Waals surface area contributed by atoms with E-state index in [0.717, 1.165) is 29.5 Å². The van der Waals surface area contributed by atoms with Crippen LogP contribution in [0.3, 0.4) is 0 Å². The van der Waals surface area contributed by atoms with Crippen molar-refractivity contribution in [3.8, 4) is 23.0 Å². The summed E-state index contributed by atoms with van der Waals surface area (Å²) in [6.45, 7) is 4.91. The summed E-state index contributed by atoms with van der Waals surface area (Å²) in [6.07, 6.45) is 1.59. The lowest BCUT2D eigenvalue weighted by Gasteiger charge is -2.36. The van der Waals surface area contributed by atoms with Gasteiger partial charge in [0.05, 0.1) is 24.8 Å². The van der Waals surface area contributed by atoms with Crippen LogP contribution in [0.4, 0.5) is 5.69 Å². The van der Waals surface area contributed by atoms with Crippen LogP contribution in [0.1, 0.15) is 5.56 Å². The van der Waals surface area contributed by atoms with E-state index in [1.807, 2.05) is 58.0 Å². The average Bonchev–Trinajstić information content (AvgIpc) is 3.59. The summed E-state index contributed by atoms with van der Waals surface area (Å²) < 4.78 is 13.0. The molecule has 0 atom stereocenters. The molecule has 3 heterocycles. The quantitative estimate of drug-likeness (QED) is 0.317. The number of ether oxygens (including phenoxy) is 1. The molecule has 0 spiro atoms. The van der Waals surface area contributed by atoms with Crippen molar-refractivity contribution < 1.29 is 13.9 Å². The molecule has 1 fully saturated rings. The molecule has 0 saturated carbocycles. The second-order valence-electron chi connectivity index (χ2n) is 8.38. The maximum absolute atomic E-state index is 13.1. The fraction of sp³-hybridized carbons (Fsp3) is 0.269. The number of rotatable bonds is 7. The molecule has 186 valence electrons. The van der Waals surface area contributed by atoms with Gasteiger partial charge in [0.25, 0.3) is 0 Å². The number of hydrogen-bond donors (Lipinski definition) is 0. The molecule has 5 rings (SSSR count). The van der Waals surface area contributed by atoms with Crippen molar-refractivity contribution in [1.82, 2.24) is 19.7 Å². The van der Waals surface area contributed by atoms with Crippen LogP contribution in [0.25, 0.3) is 17.3 Å². The number of piperazine rings is 1. The van der Waals surface area contributed by atoms with Crippen LogP contribution >= 0.6 is 23.4 Å². The van der Waals surface area contributed by atoms with E-state index in [9.17, 15) is 4.79 Å². The number of carbonyl (C=O) groups excluding carboxylic acids is 1. The number of nitrogens with zero attached hydrogens (tertiary/aromatic N) is 5. The number of thioether (sulfide) groups is 1.